The maximum atomic E-state index is 8.69. The van der Waals surface area contributed by atoms with Crippen molar-refractivity contribution < 1.29 is 5.11 Å². The number of aliphatic hydroxyl groups is 1. The van der Waals surface area contributed by atoms with Crippen LogP contribution in [0.4, 0.5) is 0 Å². The molecule has 1 heterocycles. The van der Waals surface area contributed by atoms with Crippen molar-refractivity contribution in [3.8, 4) is 11.8 Å². The first-order chi connectivity index (χ1) is 10.4. The van der Waals surface area contributed by atoms with Gasteiger partial charge in [-0.3, -0.25) is 0 Å². The second-order valence-electron chi connectivity index (χ2n) is 4.90. The van der Waals surface area contributed by atoms with Crippen LogP contribution in [0.1, 0.15) is 36.4 Å². The molecule has 2 aromatic rings. The zero-order valence-electron chi connectivity index (χ0n) is 11.6. The van der Waals surface area contributed by atoms with Crippen molar-refractivity contribution in [3.05, 3.63) is 35.4 Å². The molecule has 6 heteroatoms. The lowest BCUT2D eigenvalue weighted by Crippen LogP contribution is -1.98. The maximum absolute atomic E-state index is 8.69. The molecule has 1 aliphatic carbocycles. The number of thioether (sulfide) groups is 1. The molecule has 0 unspecified atom stereocenters. The summed E-state index contributed by atoms with van der Waals surface area (Å²) >= 11 is 1.66. The van der Waals surface area contributed by atoms with Crippen molar-refractivity contribution >= 4 is 11.8 Å². The van der Waals surface area contributed by atoms with Gasteiger partial charge < -0.3 is 5.11 Å². The minimum absolute atomic E-state index is 0.109. The molecule has 1 saturated carbocycles. The van der Waals surface area contributed by atoms with E-state index in [1.54, 1.807) is 11.8 Å². The van der Waals surface area contributed by atoms with Crippen LogP contribution in [-0.4, -0.2) is 31.9 Å². The second kappa shape index (κ2) is 6.74. The molecule has 0 radical (unpaired) electrons. The molecule has 0 spiro atoms. The lowest BCUT2D eigenvalue weighted by Gasteiger charge is -2.02. The minimum Gasteiger partial charge on any atom is -0.395 e. The second-order valence-corrected chi connectivity index (χ2v) is 5.84. The van der Waals surface area contributed by atoms with Gasteiger partial charge in [0.05, 0.1) is 12.6 Å². The summed E-state index contributed by atoms with van der Waals surface area (Å²) in [6, 6.07) is 8.66. The minimum atomic E-state index is 0.109. The third-order valence-electron chi connectivity index (χ3n) is 3.15. The van der Waals surface area contributed by atoms with Gasteiger partial charge >= 0.3 is 0 Å². The molecule has 0 aliphatic heterocycles. The first kappa shape index (κ1) is 14.1. The largest absolute Gasteiger partial charge is 0.395 e. The average Bonchev–Trinajstić information content (AvgIpc) is 3.25. The van der Waals surface area contributed by atoms with Crippen LogP contribution >= 0.6 is 11.8 Å². The van der Waals surface area contributed by atoms with Crippen LogP contribution in [0.3, 0.4) is 0 Å². The van der Waals surface area contributed by atoms with Crippen molar-refractivity contribution in [2.75, 3.05) is 6.61 Å². The number of rotatable bonds is 5. The van der Waals surface area contributed by atoms with Gasteiger partial charge in [0.2, 0.25) is 5.16 Å². The highest BCUT2D eigenvalue weighted by Crippen LogP contribution is 2.36. The molecular weight excluding hydrogens is 284 g/mol. The number of nitrogens with zero attached hydrogens (tertiary/aromatic N) is 4. The number of hydrogen-bond donors (Lipinski definition) is 1. The van der Waals surface area contributed by atoms with Crippen LogP contribution in [0.25, 0.3) is 0 Å². The molecular formula is C15H16N4OS. The Morgan fingerprint density at radius 3 is 2.81 bits per heavy atom. The summed E-state index contributed by atoms with van der Waals surface area (Å²) in [7, 11) is 0. The van der Waals surface area contributed by atoms with E-state index >= 15 is 0 Å². The van der Waals surface area contributed by atoms with Gasteiger partial charge in [0, 0.05) is 17.7 Å². The van der Waals surface area contributed by atoms with Crippen LogP contribution in [0.5, 0.6) is 0 Å². The van der Waals surface area contributed by atoms with Gasteiger partial charge in [0.15, 0.2) is 0 Å². The Labute approximate surface area is 127 Å². The Morgan fingerprint density at radius 2 is 2.10 bits per heavy atom. The molecule has 21 heavy (non-hydrogen) atoms. The molecule has 108 valence electrons. The van der Waals surface area contributed by atoms with E-state index in [2.05, 4.69) is 39.5 Å². The normalized spacial score (nSPS) is 13.8. The third-order valence-corrected chi connectivity index (χ3v) is 4.15. The van der Waals surface area contributed by atoms with E-state index in [1.165, 1.54) is 18.4 Å². The fourth-order valence-electron chi connectivity index (χ4n) is 1.88. The SMILES string of the molecule is OCCC#Cc1ccc(CSc2nnnn2C2CC2)cc1. The number of benzene rings is 1. The van der Waals surface area contributed by atoms with E-state index in [9.17, 15) is 0 Å². The highest BCUT2D eigenvalue weighted by molar-refractivity contribution is 7.98. The average molecular weight is 300 g/mol. The van der Waals surface area contributed by atoms with E-state index in [-0.39, 0.29) is 6.61 Å². The van der Waals surface area contributed by atoms with Crippen molar-refractivity contribution in [3.63, 3.8) is 0 Å². The summed E-state index contributed by atoms with van der Waals surface area (Å²) in [4.78, 5) is 0. The molecule has 1 aliphatic rings. The van der Waals surface area contributed by atoms with Crippen LogP contribution in [0, 0.1) is 11.8 Å². The zero-order chi connectivity index (χ0) is 14.5. The molecule has 5 nitrogen and oxygen atoms in total. The standard InChI is InChI=1S/C15H16N4OS/c20-10-2-1-3-12-4-6-13(7-5-12)11-21-15-16-17-18-19(15)14-8-9-14/h4-7,14,20H,2,8-11H2. The lowest BCUT2D eigenvalue weighted by atomic mass is 10.1. The number of aliphatic hydroxyl groups excluding tert-OH is 1. The lowest BCUT2D eigenvalue weighted by molar-refractivity contribution is 0.305. The zero-order valence-corrected chi connectivity index (χ0v) is 12.4. The Hall–Kier alpha value is -1.84. The Bertz CT molecular complexity index is 652. The first-order valence-corrected chi connectivity index (χ1v) is 7.95. The number of hydrogen-bond acceptors (Lipinski definition) is 5. The van der Waals surface area contributed by atoms with Gasteiger partial charge in [-0.2, -0.15) is 0 Å². The predicted octanol–water partition coefficient (Wildman–Crippen LogP) is 2.03. The summed E-state index contributed by atoms with van der Waals surface area (Å²) in [5, 5.41) is 21.5. The van der Waals surface area contributed by atoms with Crippen LogP contribution in [0.2, 0.25) is 0 Å². The predicted molar refractivity (Wildman–Crippen MR) is 80.7 cm³/mol. The topological polar surface area (TPSA) is 63.8 Å². The molecule has 1 aromatic carbocycles. The van der Waals surface area contributed by atoms with Crippen LogP contribution < -0.4 is 0 Å². The Morgan fingerprint density at radius 1 is 1.29 bits per heavy atom. The van der Waals surface area contributed by atoms with Crippen molar-refractivity contribution in [2.45, 2.75) is 36.2 Å². The molecule has 1 aromatic heterocycles. The Balaban J connectivity index is 1.58. The summed E-state index contributed by atoms with van der Waals surface area (Å²) in [6.07, 6.45) is 2.88. The van der Waals surface area contributed by atoms with Gasteiger partial charge in [-0.15, -0.1) is 5.10 Å². The van der Waals surface area contributed by atoms with Crippen LogP contribution in [0.15, 0.2) is 29.4 Å². The van der Waals surface area contributed by atoms with E-state index in [0.29, 0.717) is 12.5 Å². The van der Waals surface area contributed by atoms with E-state index in [1.807, 2.05) is 16.8 Å². The van der Waals surface area contributed by atoms with Crippen LogP contribution in [-0.2, 0) is 5.75 Å². The summed E-state index contributed by atoms with van der Waals surface area (Å²) < 4.78 is 1.93. The van der Waals surface area contributed by atoms with Gasteiger partial charge in [-0.05, 0) is 41.0 Å². The molecule has 1 N–H and O–H groups in total. The smallest absolute Gasteiger partial charge is 0.209 e. The summed E-state index contributed by atoms with van der Waals surface area (Å²) in [6.45, 7) is 0.109. The quantitative estimate of drug-likeness (QED) is 0.676. The maximum Gasteiger partial charge on any atom is 0.209 e. The molecule has 1 fully saturated rings. The van der Waals surface area contributed by atoms with Gasteiger partial charge in [-0.25, -0.2) is 4.68 Å². The highest BCUT2D eigenvalue weighted by atomic mass is 32.2. The molecule has 0 saturated heterocycles. The van der Waals surface area contributed by atoms with E-state index < -0.39 is 0 Å². The number of tetrazole rings is 1. The molecule has 0 amide bonds. The molecule has 3 rings (SSSR count). The molecule has 0 bridgehead atoms. The monoisotopic (exact) mass is 300 g/mol. The van der Waals surface area contributed by atoms with Crippen molar-refractivity contribution in [1.29, 1.82) is 0 Å². The van der Waals surface area contributed by atoms with Crippen molar-refractivity contribution in [1.82, 2.24) is 20.2 Å². The van der Waals surface area contributed by atoms with E-state index in [0.717, 1.165) is 16.5 Å². The fraction of sp³-hybridized carbons (Fsp3) is 0.400. The Kier molecular flexibility index (Phi) is 4.53. The first-order valence-electron chi connectivity index (χ1n) is 6.96. The fourth-order valence-corrected chi connectivity index (χ4v) is 2.78. The highest BCUT2D eigenvalue weighted by Gasteiger charge is 2.27. The molecule has 0 atom stereocenters. The summed E-state index contributed by atoms with van der Waals surface area (Å²) in [5.41, 5.74) is 2.19. The number of aromatic nitrogens is 4. The van der Waals surface area contributed by atoms with Crippen molar-refractivity contribution in [2.24, 2.45) is 0 Å². The van der Waals surface area contributed by atoms with E-state index in [4.69, 9.17) is 5.11 Å². The van der Waals surface area contributed by atoms with Gasteiger partial charge in [0.25, 0.3) is 0 Å². The van der Waals surface area contributed by atoms with Gasteiger partial charge in [0.1, 0.15) is 0 Å². The summed E-state index contributed by atoms with van der Waals surface area (Å²) in [5.74, 6) is 6.78. The van der Waals surface area contributed by atoms with Gasteiger partial charge in [-0.1, -0.05) is 35.7 Å². The third kappa shape index (κ3) is 3.84.